The van der Waals surface area contributed by atoms with E-state index in [1.54, 1.807) is 6.07 Å². The fourth-order valence-corrected chi connectivity index (χ4v) is 2.37. The van der Waals surface area contributed by atoms with E-state index in [2.05, 4.69) is 4.79 Å². The molecule has 0 spiro atoms. The maximum Gasteiger partial charge on any atom is 0.336 e. The van der Waals surface area contributed by atoms with E-state index in [0.717, 1.165) is 16.7 Å². The first kappa shape index (κ1) is 10.4. The van der Waals surface area contributed by atoms with Gasteiger partial charge in [0.1, 0.15) is 0 Å². The van der Waals surface area contributed by atoms with Gasteiger partial charge in [-0.05, 0) is 23.3 Å². The molecule has 0 fully saturated rings. The minimum Gasteiger partial charge on any atom is -0.478 e. The molecule has 0 unspecified atom stereocenters. The summed E-state index contributed by atoms with van der Waals surface area (Å²) < 4.78 is 0. The maximum absolute atomic E-state index is 11.2. The number of rotatable bonds is 1. The van der Waals surface area contributed by atoms with E-state index in [0.29, 0.717) is 11.3 Å². The van der Waals surface area contributed by atoms with Crippen LogP contribution in [0.2, 0.25) is 0 Å². The minimum atomic E-state index is -1.03. The van der Waals surface area contributed by atoms with Crippen molar-refractivity contribution >= 4 is 11.7 Å². The van der Waals surface area contributed by atoms with Crippen LogP contribution in [0.3, 0.4) is 0 Å². The standard InChI is InChI=1S/C14H8N2O2/c15-16-13-10-5-2-1-4-8(10)9-6-3-7-11(12(9)13)14(17)18/h1-7H,(H,17,18). The lowest BCUT2D eigenvalue weighted by Gasteiger charge is -2.00. The normalized spacial score (nSPS) is 11.7. The largest absolute Gasteiger partial charge is 0.478 e. The monoisotopic (exact) mass is 236 g/mol. The summed E-state index contributed by atoms with van der Waals surface area (Å²) in [6, 6.07) is 12.4. The van der Waals surface area contributed by atoms with Crippen molar-refractivity contribution in [1.82, 2.24) is 0 Å². The van der Waals surface area contributed by atoms with E-state index in [9.17, 15) is 9.90 Å². The second-order valence-corrected chi connectivity index (χ2v) is 4.03. The molecule has 0 radical (unpaired) electrons. The Morgan fingerprint density at radius 3 is 2.33 bits per heavy atom. The van der Waals surface area contributed by atoms with Crippen LogP contribution < -0.4 is 0 Å². The highest BCUT2D eigenvalue weighted by Crippen LogP contribution is 2.37. The van der Waals surface area contributed by atoms with Crippen molar-refractivity contribution in [2.45, 2.75) is 0 Å². The van der Waals surface area contributed by atoms with Crippen LogP contribution in [0.25, 0.3) is 16.7 Å². The predicted molar refractivity (Wildman–Crippen MR) is 65.7 cm³/mol. The smallest absolute Gasteiger partial charge is 0.336 e. The molecular formula is C14H8N2O2. The van der Waals surface area contributed by atoms with Gasteiger partial charge in [-0.3, -0.25) is 0 Å². The third kappa shape index (κ3) is 1.24. The Morgan fingerprint density at radius 1 is 1.00 bits per heavy atom. The Morgan fingerprint density at radius 2 is 1.67 bits per heavy atom. The van der Waals surface area contributed by atoms with Crippen molar-refractivity contribution in [3.63, 3.8) is 0 Å². The first-order valence-electron chi connectivity index (χ1n) is 5.42. The predicted octanol–water partition coefficient (Wildman–Crippen LogP) is 2.43. The summed E-state index contributed by atoms with van der Waals surface area (Å²) >= 11 is 0. The molecule has 0 heterocycles. The van der Waals surface area contributed by atoms with Crippen LogP contribution in [0.5, 0.6) is 0 Å². The quantitative estimate of drug-likeness (QED) is 0.520. The molecule has 0 aromatic heterocycles. The van der Waals surface area contributed by atoms with Crippen LogP contribution >= 0.6 is 0 Å². The maximum atomic E-state index is 11.2. The van der Waals surface area contributed by atoms with Crippen molar-refractivity contribution in [1.29, 1.82) is 0 Å². The van der Waals surface area contributed by atoms with E-state index < -0.39 is 5.97 Å². The van der Waals surface area contributed by atoms with Gasteiger partial charge in [-0.2, -0.15) is 4.79 Å². The number of carboxylic acid groups (broad SMARTS) is 1. The number of carboxylic acids is 1. The number of fused-ring (bicyclic) bond motifs is 3. The molecule has 1 aliphatic carbocycles. The van der Waals surface area contributed by atoms with Gasteiger partial charge in [0.05, 0.1) is 16.7 Å². The van der Waals surface area contributed by atoms with E-state index in [1.165, 1.54) is 6.07 Å². The molecule has 1 aliphatic rings. The van der Waals surface area contributed by atoms with Crippen molar-refractivity contribution in [2.75, 3.05) is 0 Å². The van der Waals surface area contributed by atoms with Crippen molar-refractivity contribution < 1.29 is 14.7 Å². The van der Waals surface area contributed by atoms with Gasteiger partial charge in [-0.25, -0.2) is 4.79 Å². The van der Waals surface area contributed by atoms with Crippen LogP contribution in [0.1, 0.15) is 21.5 Å². The Bertz CT molecular complexity index is 728. The van der Waals surface area contributed by atoms with E-state index >= 15 is 0 Å². The number of carbonyl (C=O) groups is 1. The van der Waals surface area contributed by atoms with E-state index in [4.69, 9.17) is 5.53 Å². The summed E-state index contributed by atoms with van der Waals surface area (Å²) in [6.45, 7) is 0. The van der Waals surface area contributed by atoms with Crippen molar-refractivity contribution in [2.24, 2.45) is 0 Å². The molecule has 3 rings (SSSR count). The van der Waals surface area contributed by atoms with Gasteiger partial charge in [0.2, 0.25) is 0 Å². The summed E-state index contributed by atoms with van der Waals surface area (Å²) in [5, 5.41) is 9.20. The zero-order chi connectivity index (χ0) is 12.7. The number of hydrogen-bond acceptors (Lipinski definition) is 1. The van der Waals surface area contributed by atoms with Crippen LogP contribution in [-0.4, -0.2) is 21.6 Å². The van der Waals surface area contributed by atoms with Gasteiger partial charge < -0.3 is 10.6 Å². The molecule has 2 aromatic rings. The highest BCUT2D eigenvalue weighted by atomic mass is 16.4. The molecule has 0 atom stereocenters. The molecule has 0 saturated carbocycles. The Kier molecular flexibility index (Phi) is 2.12. The highest BCUT2D eigenvalue weighted by molar-refractivity contribution is 6.25. The topological polar surface area (TPSA) is 73.7 Å². The van der Waals surface area contributed by atoms with Gasteiger partial charge in [0, 0.05) is 0 Å². The molecule has 0 bridgehead atoms. The second-order valence-electron chi connectivity index (χ2n) is 4.03. The van der Waals surface area contributed by atoms with Gasteiger partial charge in [-0.15, -0.1) is 0 Å². The van der Waals surface area contributed by atoms with E-state index in [1.807, 2.05) is 30.3 Å². The third-order valence-electron chi connectivity index (χ3n) is 3.10. The summed E-state index contributed by atoms with van der Waals surface area (Å²) in [5.74, 6) is -1.03. The molecule has 18 heavy (non-hydrogen) atoms. The lowest BCUT2D eigenvalue weighted by atomic mass is 10.0. The van der Waals surface area contributed by atoms with Gasteiger partial charge in [0.15, 0.2) is 0 Å². The Labute approximate surface area is 103 Å². The van der Waals surface area contributed by atoms with Crippen LogP contribution in [0.4, 0.5) is 0 Å². The molecule has 4 nitrogen and oxygen atoms in total. The minimum absolute atomic E-state index is 0.150. The van der Waals surface area contributed by atoms with Gasteiger partial charge in [-0.1, -0.05) is 30.3 Å². The summed E-state index contributed by atoms with van der Waals surface area (Å²) in [6.07, 6.45) is 0. The first-order valence-corrected chi connectivity index (χ1v) is 5.42. The van der Waals surface area contributed by atoms with E-state index in [-0.39, 0.29) is 5.56 Å². The fraction of sp³-hybridized carbons (Fsp3) is 0. The fourth-order valence-electron chi connectivity index (χ4n) is 2.37. The van der Waals surface area contributed by atoms with Crippen molar-refractivity contribution in [3.8, 4) is 11.1 Å². The summed E-state index contributed by atoms with van der Waals surface area (Å²) in [5.41, 5.74) is 12.5. The molecule has 1 N–H and O–H groups in total. The number of benzene rings is 2. The molecule has 0 amide bonds. The second kappa shape index (κ2) is 3.65. The lowest BCUT2D eigenvalue weighted by Crippen LogP contribution is -2.08. The highest BCUT2D eigenvalue weighted by Gasteiger charge is 2.34. The van der Waals surface area contributed by atoms with Crippen LogP contribution in [0.15, 0.2) is 42.5 Å². The zero-order valence-electron chi connectivity index (χ0n) is 9.29. The third-order valence-corrected chi connectivity index (χ3v) is 3.10. The zero-order valence-corrected chi connectivity index (χ0v) is 9.29. The van der Waals surface area contributed by atoms with Crippen molar-refractivity contribution in [3.05, 3.63) is 64.7 Å². The summed E-state index contributed by atoms with van der Waals surface area (Å²) in [7, 11) is 0. The average molecular weight is 236 g/mol. The molecule has 4 heteroatoms. The van der Waals surface area contributed by atoms with Gasteiger partial charge >= 0.3 is 11.7 Å². The van der Waals surface area contributed by atoms with Gasteiger partial charge in [0.25, 0.3) is 0 Å². The SMILES string of the molecule is [N-]=[N+]=C1c2ccccc2-c2cccc(C(=O)O)c21. The Hall–Kier alpha value is -2.71. The number of nitrogens with zero attached hydrogens (tertiary/aromatic N) is 2. The number of hydrogen-bond donors (Lipinski definition) is 1. The molecule has 86 valence electrons. The lowest BCUT2D eigenvalue weighted by molar-refractivity contribution is -0.00257. The van der Waals surface area contributed by atoms with Crippen LogP contribution in [-0.2, 0) is 0 Å². The molecule has 0 saturated heterocycles. The summed E-state index contributed by atoms with van der Waals surface area (Å²) in [4.78, 5) is 14.5. The number of aromatic carboxylic acids is 1. The van der Waals surface area contributed by atoms with Crippen LogP contribution in [0, 0.1) is 0 Å². The molecule has 0 aliphatic heterocycles. The first-order chi connectivity index (χ1) is 8.74. The Balaban J connectivity index is 2.45. The molecule has 2 aromatic carbocycles. The molecular weight excluding hydrogens is 228 g/mol. The average Bonchev–Trinajstić information content (AvgIpc) is 2.72.